The highest BCUT2D eigenvalue weighted by molar-refractivity contribution is 6.30. The molecule has 0 spiro atoms. The Kier molecular flexibility index (Phi) is 6.50. The number of nitrogens with zero attached hydrogens (tertiary/aromatic N) is 1. The second-order valence-electron chi connectivity index (χ2n) is 6.62. The van der Waals surface area contributed by atoms with Crippen LogP contribution in [0.2, 0.25) is 5.02 Å². The first-order valence-electron chi connectivity index (χ1n) is 9.01. The van der Waals surface area contributed by atoms with Crippen molar-refractivity contribution in [3.05, 3.63) is 77.4 Å². The van der Waals surface area contributed by atoms with Gasteiger partial charge in [-0.2, -0.15) is 0 Å². The predicted molar refractivity (Wildman–Crippen MR) is 114 cm³/mol. The van der Waals surface area contributed by atoms with E-state index < -0.39 is 0 Å². The van der Waals surface area contributed by atoms with Gasteiger partial charge in [-0.1, -0.05) is 37.6 Å². The minimum Gasteiger partial charge on any atom is -0.484 e. The molecule has 0 saturated carbocycles. The van der Waals surface area contributed by atoms with Crippen molar-refractivity contribution in [2.75, 3.05) is 17.2 Å². The van der Waals surface area contributed by atoms with Gasteiger partial charge in [-0.05, 0) is 60.0 Å². The van der Waals surface area contributed by atoms with Crippen molar-refractivity contribution in [2.24, 2.45) is 0 Å². The number of carbonyl (C=O) groups excluding carboxylic acids is 1. The summed E-state index contributed by atoms with van der Waals surface area (Å²) >= 11 is 5.82. The number of hydrogen-bond acceptors (Lipinski definition) is 4. The van der Waals surface area contributed by atoms with Crippen LogP contribution >= 0.6 is 11.6 Å². The summed E-state index contributed by atoms with van der Waals surface area (Å²) in [7, 11) is 0. The van der Waals surface area contributed by atoms with Gasteiger partial charge in [0.15, 0.2) is 6.61 Å². The Balaban J connectivity index is 1.50. The number of nitrogens with one attached hydrogen (secondary N) is 2. The number of rotatable bonds is 7. The lowest BCUT2D eigenvalue weighted by Crippen LogP contribution is -2.20. The summed E-state index contributed by atoms with van der Waals surface area (Å²) in [4.78, 5) is 16.3. The van der Waals surface area contributed by atoms with E-state index in [1.807, 2.05) is 18.2 Å². The second kappa shape index (κ2) is 9.24. The summed E-state index contributed by atoms with van der Waals surface area (Å²) < 4.78 is 5.42. The average Bonchev–Trinajstić information content (AvgIpc) is 2.69. The smallest absolute Gasteiger partial charge is 0.262 e. The minimum atomic E-state index is -0.262. The first-order chi connectivity index (χ1) is 13.5. The highest BCUT2D eigenvalue weighted by atomic mass is 35.5. The lowest BCUT2D eigenvalue weighted by molar-refractivity contribution is -0.118. The lowest BCUT2D eigenvalue weighted by Gasteiger charge is -2.10. The highest BCUT2D eigenvalue weighted by Crippen LogP contribution is 2.20. The predicted octanol–water partition coefficient (Wildman–Crippen LogP) is 5.62. The van der Waals surface area contributed by atoms with Crippen LogP contribution in [0.3, 0.4) is 0 Å². The molecular formula is C22H22ClN3O2. The molecule has 0 bridgehead atoms. The van der Waals surface area contributed by atoms with Gasteiger partial charge < -0.3 is 15.4 Å². The highest BCUT2D eigenvalue weighted by Gasteiger charge is 2.05. The topological polar surface area (TPSA) is 63.2 Å². The summed E-state index contributed by atoms with van der Waals surface area (Å²) in [5.74, 6) is 1.52. The van der Waals surface area contributed by atoms with E-state index in [-0.39, 0.29) is 12.5 Å². The van der Waals surface area contributed by atoms with E-state index in [1.54, 1.807) is 36.5 Å². The largest absolute Gasteiger partial charge is 0.484 e. The Morgan fingerprint density at radius 3 is 2.29 bits per heavy atom. The molecule has 1 heterocycles. The molecule has 5 nitrogen and oxygen atoms in total. The van der Waals surface area contributed by atoms with Gasteiger partial charge in [0, 0.05) is 10.7 Å². The van der Waals surface area contributed by atoms with E-state index in [4.69, 9.17) is 16.3 Å². The van der Waals surface area contributed by atoms with Crippen molar-refractivity contribution in [3.63, 3.8) is 0 Å². The van der Waals surface area contributed by atoms with E-state index in [0.717, 1.165) is 5.69 Å². The quantitative estimate of drug-likeness (QED) is 0.545. The number of halogens is 1. The molecule has 0 atom stereocenters. The van der Waals surface area contributed by atoms with Gasteiger partial charge in [0.05, 0.1) is 11.9 Å². The molecule has 0 radical (unpaired) electrons. The zero-order chi connectivity index (χ0) is 19.9. The maximum Gasteiger partial charge on any atom is 0.262 e. The van der Waals surface area contributed by atoms with Gasteiger partial charge >= 0.3 is 0 Å². The van der Waals surface area contributed by atoms with E-state index in [0.29, 0.717) is 28.2 Å². The molecule has 0 aliphatic carbocycles. The maximum absolute atomic E-state index is 12.0. The third-order valence-electron chi connectivity index (χ3n) is 4.08. The summed E-state index contributed by atoms with van der Waals surface area (Å²) in [6, 6.07) is 18.7. The molecule has 0 aliphatic rings. The molecule has 3 aromatic rings. The van der Waals surface area contributed by atoms with Gasteiger partial charge in [0.1, 0.15) is 11.6 Å². The number of aromatic nitrogens is 1. The van der Waals surface area contributed by atoms with Crippen molar-refractivity contribution in [1.82, 2.24) is 4.98 Å². The van der Waals surface area contributed by atoms with Crippen molar-refractivity contribution in [2.45, 2.75) is 19.8 Å². The molecule has 1 amide bonds. The van der Waals surface area contributed by atoms with Crippen LogP contribution in [0.5, 0.6) is 5.75 Å². The van der Waals surface area contributed by atoms with Gasteiger partial charge in [-0.15, -0.1) is 0 Å². The molecule has 1 aromatic heterocycles. The molecule has 28 heavy (non-hydrogen) atoms. The van der Waals surface area contributed by atoms with Gasteiger partial charge in [-0.3, -0.25) is 4.79 Å². The van der Waals surface area contributed by atoms with Crippen LogP contribution in [0, 0.1) is 0 Å². The van der Waals surface area contributed by atoms with E-state index >= 15 is 0 Å². The van der Waals surface area contributed by atoms with Gasteiger partial charge in [0.2, 0.25) is 0 Å². The molecule has 2 N–H and O–H groups in total. The molecule has 0 unspecified atom stereocenters. The molecular weight excluding hydrogens is 374 g/mol. The van der Waals surface area contributed by atoms with Crippen LogP contribution in [0.1, 0.15) is 25.3 Å². The number of hydrogen-bond donors (Lipinski definition) is 2. The van der Waals surface area contributed by atoms with E-state index in [2.05, 4.69) is 41.6 Å². The SMILES string of the molecule is CC(C)c1ccc(Nc2ccc(NC(=O)COc3ccc(Cl)cc3)cn2)cc1. The van der Waals surface area contributed by atoms with Crippen LogP contribution in [0.4, 0.5) is 17.2 Å². The Morgan fingerprint density at radius 1 is 1.00 bits per heavy atom. The normalized spacial score (nSPS) is 10.6. The van der Waals surface area contributed by atoms with Gasteiger partial charge in [0.25, 0.3) is 5.91 Å². The Hall–Kier alpha value is -3.05. The Morgan fingerprint density at radius 2 is 1.68 bits per heavy atom. The average molecular weight is 396 g/mol. The zero-order valence-corrected chi connectivity index (χ0v) is 16.5. The lowest BCUT2D eigenvalue weighted by atomic mass is 10.0. The van der Waals surface area contributed by atoms with E-state index in [9.17, 15) is 4.79 Å². The fraction of sp³-hybridized carbons (Fsp3) is 0.182. The summed E-state index contributed by atoms with van der Waals surface area (Å²) in [5.41, 5.74) is 2.85. The molecule has 2 aromatic carbocycles. The summed E-state index contributed by atoms with van der Waals surface area (Å²) in [6.07, 6.45) is 1.60. The third-order valence-corrected chi connectivity index (χ3v) is 4.33. The number of pyridine rings is 1. The number of ether oxygens (including phenoxy) is 1. The molecule has 144 valence electrons. The minimum absolute atomic E-state index is 0.0934. The monoisotopic (exact) mass is 395 g/mol. The summed E-state index contributed by atoms with van der Waals surface area (Å²) in [5, 5.41) is 6.61. The fourth-order valence-corrected chi connectivity index (χ4v) is 2.64. The standard InChI is InChI=1S/C22H22ClN3O2/c1-15(2)16-3-7-18(8-4-16)25-21-12-9-19(13-24-21)26-22(27)14-28-20-10-5-17(23)6-11-20/h3-13,15H,14H2,1-2H3,(H,24,25)(H,26,27). The van der Waals surface area contributed by atoms with Crippen molar-refractivity contribution >= 4 is 34.7 Å². The molecule has 0 aliphatic heterocycles. The van der Waals surface area contributed by atoms with Crippen LogP contribution in [0.15, 0.2) is 66.9 Å². The number of amides is 1. The first kappa shape index (κ1) is 19.7. The molecule has 6 heteroatoms. The van der Waals surface area contributed by atoms with Crippen molar-refractivity contribution in [3.8, 4) is 5.75 Å². The molecule has 0 saturated heterocycles. The first-order valence-corrected chi connectivity index (χ1v) is 9.38. The Labute approximate surface area is 169 Å². The van der Waals surface area contributed by atoms with Crippen LogP contribution in [-0.2, 0) is 4.79 Å². The van der Waals surface area contributed by atoms with Crippen LogP contribution < -0.4 is 15.4 Å². The fourth-order valence-electron chi connectivity index (χ4n) is 2.52. The van der Waals surface area contributed by atoms with Crippen LogP contribution in [0.25, 0.3) is 0 Å². The number of anilines is 3. The van der Waals surface area contributed by atoms with Crippen LogP contribution in [-0.4, -0.2) is 17.5 Å². The maximum atomic E-state index is 12.0. The zero-order valence-electron chi connectivity index (χ0n) is 15.8. The second-order valence-corrected chi connectivity index (χ2v) is 7.06. The molecule has 0 fully saturated rings. The summed E-state index contributed by atoms with van der Waals surface area (Å²) in [6.45, 7) is 4.23. The van der Waals surface area contributed by atoms with E-state index in [1.165, 1.54) is 5.56 Å². The molecule has 3 rings (SSSR count). The van der Waals surface area contributed by atoms with Crippen molar-refractivity contribution < 1.29 is 9.53 Å². The van der Waals surface area contributed by atoms with Crippen molar-refractivity contribution in [1.29, 1.82) is 0 Å². The Bertz CT molecular complexity index is 908. The third kappa shape index (κ3) is 5.72. The number of benzene rings is 2. The van der Waals surface area contributed by atoms with Gasteiger partial charge in [-0.25, -0.2) is 4.98 Å². The number of carbonyl (C=O) groups is 1.